The maximum Gasteiger partial charge on any atom is 0.259 e. The number of hydrogen-bond donors (Lipinski definition) is 3. The predicted molar refractivity (Wildman–Crippen MR) is 151 cm³/mol. The number of carbonyl (C=O) groups excluding carboxylic acids is 2. The molecule has 2 saturated heterocycles. The van der Waals surface area contributed by atoms with Gasteiger partial charge in [-0.2, -0.15) is 0 Å². The molecule has 0 aliphatic carbocycles. The van der Waals surface area contributed by atoms with Gasteiger partial charge in [-0.1, -0.05) is 21.1 Å². The molecule has 0 saturated carbocycles. The highest BCUT2D eigenvalue weighted by Crippen LogP contribution is 2.36. The van der Waals surface area contributed by atoms with Crippen molar-refractivity contribution in [3.05, 3.63) is 64.0 Å². The number of amides is 2. The van der Waals surface area contributed by atoms with Crippen molar-refractivity contribution in [3.63, 3.8) is 0 Å². The fourth-order valence-electron chi connectivity index (χ4n) is 5.73. The van der Waals surface area contributed by atoms with E-state index in [-0.39, 0.29) is 24.3 Å². The molecule has 236 valence electrons. The van der Waals surface area contributed by atoms with Crippen molar-refractivity contribution in [3.8, 4) is 11.3 Å². The minimum Gasteiger partial charge on any atom is -0.394 e. The largest absolute Gasteiger partial charge is 0.394 e. The van der Waals surface area contributed by atoms with E-state index in [4.69, 9.17) is 9.47 Å². The van der Waals surface area contributed by atoms with Gasteiger partial charge in [0.2, 0.25) is 6.41 Å². The van der Waals surface area contributed by atoms with E-state index in [1.807, 2.05) is 13.0 Å². The summed E-state index contributed by atoms with van der Waals surface area (Å²) < 4.78 is 54.7. The molecule has 2 fully saturated rings. The number of likely N-dealkylation sites (tertiary alicyclic amines) is 1. The molecular weight excluding hydrogens is 655 g/mol. The highest BCUT2D eigenvalue weighted by molar-refractivity contribution is 9.10. The summed E-state index contributed by atoms with van der Waals surface area (Å²) in [6.07, 6.45) is -4.90. The number of hydrogen-bond acceptors (Lipinski definition) is 9. The van der Waals surface area contributed by atoms with Crippen LogP contribution in [-0.4, -0.2) is 111 Å². The number of aliphatic hydroxyl groups is 3. The van der Waals surface area contributed by atoms with Crippen LogP contribution in [0.3, 0.4) is 0 Å². The lowest BCUT2D eigenvalue weighted by Gasteiger charge is -2.45. The molecule has 0 radical (unpaired) electrons. The van der Waals surface area contributed by atoms with E-state index >= 15 is 0 Å². The van der Waals surface area contributed by atoms with Crippen LogP contribution >= 0.6 is 15.9 Å². The van der Waals surface area contributed by atoms with Gasteiger partial charge in [-0.3, -0.25) is 9.59 Å². The highest BCUT2D eigenvalue weighted by atomic mass is 79.9. The number of β-amino-alcohol motifs (C(OH)–C–C–N with tert-alkyl or cyclic N) is 1. The zero-order chi connectivity index (χ0) is 31.9. The first-order chi connectivity index (χ1) is 21.0. The number of aryl methyl sites for hydroxylation is 1. The lowest BCUT2D eigenvalue weighted by Crippen LogP contribution is -2.63. The molecule has 2 aliphatic heterocycles. The third-order valence-corrected chi connectivity index (χ3v) is 8.25. The Bertz CT molecular complexity index is 1500. The van der Waals surface area contributed by atoms with Gasteiger partial charge < -0.3 is 34.6 Å². The molecule has 0 spiro atoms. The van der Waals surface area contributed by atoms with Crippen LogP contribution in [0.15, 0.2) is 41.0 Å². The first-order valence-corrected chi connectivity index (χ1v) is 14.3. The van der Waals surface area contributed by atoms with E-state index in [1.54, 1.807) is 12.1 Å². The first kappa shape index (κ1) is 32.0. The molecule has 3 heterocycles. The van der Waals surface area contributed by atoms with Gasteiger partial charge in [0, 0.05) is 35.9 Å². The standard InChI is InChI=1S/C28H29BrF3N5O7/c1-13-3-15(29)7-16(4-13)37(20-9-35(12-39)10-21(20)40)28(42)27-26(43-2)24(25(41)22(11-38)44-27)36-8-19(33-34-36)14-5-17(30)23(32)18(31)6-14/h3-8,12,20-22,24-27,38,40-41H,9-11H2,1-2H3/t20-,21-,22-,24+,25+,26-,27-/m1/s1. The number of ether oxygens (including phenoxy) is 2. The molecule has 5 rings (SSSR count). The van der Waals surface area contributed by atoms with Crippen LogP contribution in [-0.2, 0) is 19.1 Å². The monoisotopic (exact) mass is 683 g/mol. The summed E-state index contributed by atoms with van der Waals surface area (Å²) in [5.41, 5.74) is 0.948. The number of rotatable bonds is 8. The van der Waals surface area contributed by atoms with Crippen LogP contribution in [0.5, 0.6) is 0 Å². The van der Waals surface area contributed by atoms with Gasteiger partial charge in [-0.05, 0) is 42.8 Å². The third-order valence-electron chi connectivity index (χ3n) is 7.79. The smallest absolute Gasteiger partial charge is 0.259 e. The molecule has 7 atom stereocenters. The van der Waals surface area contributed by atoms with Gasteiger partial charge in [0.05, 0.1) is 24.9 Å². The maximum atomic E-state index is 14.5. The lowest BCUT2D eigenvalue weighted by atomic mass is 9.91. The second-order valence-corrected chi connectivity index (χ2v) is 11.6. The maximum absolute atomic E-state index is 14.5. The summed E-state index contributed by atoms with van der Waals surface area (Å²) in [7, 11) is 1.27. The molecule has 16 heteroatoms. The second kappa shape index (κ2) is 12.9. The number of benzene rings is 2. The minimum atomic E-state index is -1.65. The first-order valence-electron chi connectivity index (χ1n) is 13.5. The quantitative estimate of drug-likeness (QED) is 0.236. The van der Waals surface area contributed by atoms with E-state index < -0.39 is 72.6 Å². The van der Waals surface area contributed by atoms with Crippen LogP contribution in [0.4, 0.5) is 18.9 Å². The summed E-state index contributed by atoms with van der Waals surface area (Å²) in [6, 6.07) is 4.55. The van der Waals surface area contributed by atoms with Crippen LogP contribution in [0.1, 0.15) is 11.6 Å². The van der Waals surface area contributed by atoms with E-state index in [1.165, 1.54) is 23.1 Å². The van der Waals surface area contributed by atoms with Gasteiger partial charge in [-0.25, -0.2) is 17.9 Å². The average molecular weight is 684 g/mol. The van der Waals surface area contributed by atoms with Gasteiger partial charge in [0.1, 0.15) is 30.0 Å². The Labute approximate surface area is 257 Å². The van der Waals surface area contributed by atoms with Crippen LogP contribution in [0, 0.1) is 24.4 Å². The summed E-state index contributed by atoms with van der Waals surface area (Å²) in [5, 5.41) is 40.1. The van der Waals surface area contributed by atoms with Crippen molar-refractivity contribution >= 4 is 33.9 Å². The Kier molecular flexibility index (Phi) is 9.38. The molecule has 1 aromatic heterocycles. The Hall–Kier alpha value is -3.41. The number of aromatic nitrogens is 3. The lowest BCUT2D eigenvalue weighted by molar-refractivity contribution is -0.211. The average Bonchev–Trinajstić information content (AvgIpc) is 3.62. The zero-order valence-electron chi connectivity index (χ0n) is 23.4. The fraction of sp³-hybridized carbons (Fsp3) is 0.429. The molecule has 3 N–H and O–H groups in total. The number of aliphatic hydroxyl groups excluding tert-OH is 3. The summed E-state index contributed by atoms with van der Waals surface area (Å²) >= 11 is 3.43. The summed E-state index contributed by atoms with van der Waals surface area (Å²) in [5.74, 6) is -5.23. The number of nitrogens with zero attached hydrogens (tertiary/aromatic N) is 5. The molecule has 2 aromatic carbocycles. The zero-order valence-corrected chi connectivity index (χ0v) is 25.0. The van der Waals surface area contributed by atoms with Crippen LogP contribution < -0.4 is 4.90 Å². The molecule has 12 nitrogen and oxygen atoms in total. The fourth-order valence-corrected chi connectivity index (χ4v) is 6.33. The Morgan fingerprint density at radius 2 is 1.89 bits per heavy atom. The number of methoxy groups -OCH3 is 1. The van der Waals surface area contributed by atoms with Gasteiger partial charge in [0.15, 0.2) is 23.6 Å². The van der Waals surface area contributed by atoms with Crippen molar-refractivity contribution in [2.45, 2.75) is 49.5 Å². The van der Waals surface area contributed by atoms with Crippen molar-refractivity contribution in [1.82, 2.24) is 19.9 Å². The molecular formula is C28H29BrF3N5O7. The topological polar surface area (TPSA) is 150 Å². The van der Waals surface area contributed by atoms with Crippen LogP contribution in [0.2, 0.25) is 0 Å². The highest BCUT2D eigenvalue weighted by Gasteiger charge is 2.52. The van der Waals surface area contributed by atoms with Crippen molar-refractivity contribution < 1.29 is 47.6 Å². The van der Waals surface area contributed by atoms with Gasteiger partial charge >= 0.3 is 0 Å². The molecule has 2 aliphatic rings. The number of carbonyl (C=O) groups is 2. The minimum absolute atomic E-state index is 0.0129. The number of halogens is 4. The second-order valence-electron chi connectivity index (χ2n) is 10.7. The molecule has 0 unspecified atom stereocenters. The van der Waals surface area contributed by atoms with Gasteiger partial charge in [-0.15, -0.1) is 5.10 Å². The molecule has 3 aromatic rings. The normalized spacial score (nSPS) is 27.0. The summed E-state index contributed by atoms with van der Waals surface area (Å²) in [4.78, 5) is 28.6. The van der Waals surface area contributed by atoms with Gasteiger partial charge in [0.25, 0.3) is 5.91 Å². The van der Waals surface area contributed by atoms with E-state index in [9.17, 15) is 38.1 Å². The molecule has 2 amide bonds. The Balaban J connectivity index is 1.55. The SMILES string of the molecule is CO[C@@H]1[C@@H](n2cc(-c3cc(F)c(F)c(F)c3)nn2)[C@@H](O)[C@@H](CO)O[C@H]1C(=O)N(c1cc(C)cc(Br)c1)[C@@H]1CN(C=O)C[C@H]1O. The summed E-state index contributed by atoms with van der Waals surface area (Å²) in [6.45, 7) is 1.09. The van der Waals surface area contributed by atoms with E-state index in [0.717, 1.165) is 22.4 Å². The van der Waals surface area contributed by atoms with Crippen molar-refractivity contribution in [2.75, 3.05) is 31.7 Å². The molecule has 0 bridgehead atoms. The van der Waals surface area contributed by atoms with Crippen LogP contribution in [0.25, 0.3) is 11.3 Å². The van der Waals surface area contributed by atoms with Crippen molar-refractivity contribution in [2.24, 2.45) is 0 Å². The predicted octanol–water partition coefficient (Wildman–Crippen LogP) is 1.34. The Morgan fingerprint density at radius 3 is 2.48 bits per heavy atom. The van der Waals surface area contributed by atoms with E-state index in [2.05, 4.69) is 26.2 Å². The molecule has 44 heavy (non-hydrogen) atoms. The van der Waals surface area contributed by atoms with Crippen molar-refractivity contribution in [1.29, 1.82) is 0 Å². The Morgan fingerprint density at radius 1 is 1.18 bits per heavy atom. The third kappa shape index (κ3) is 5.97. The van der Waals surface area contributed by atoms with E-state index in [0.29, 0.717) is 16.6 Å². The number of anilines is 1.